The van der Waals surface area contributed by atoms with Gasteiger partial charge in [0.1, 0.15) is 11.9 Å². The van der Waals surface area contributed by atoms with Crippen molar-refractivity contribution in [3.63, 3.8) is 0 Å². The average Bonchev–Trinajstić information content (AvgIpc) is 2.39. The van der Waals surface area contributed by atoms with Crippen molar-refractivity contribution in [1.29, 1.82) is 0 Å². The Hall–Kier alpha value is -1.09. The quantitative estimate of drug-likeness (QED) is 0.885. The van der Waals surface area contributed by atoms with Gasteiger partial charge in [-0.25, -0.2) is 0 Å². The zero-order chi connectivity index (χ0) is 14.0. The highest BCUT2D eigenvalue weighted by atomic mass is 16.5. The van der Waals surface area contributed by atoms with Gasteiger partial charge in [0.15, 0.2) is 0 Å². The van der Waals surface area contributed by atoms with Crippen LogP contribution in [0.25, 0.3) is 0 Å². The summed E-state index contributed by atoms with van der Waals surface area (Å²) in [7, 11) is 0. The topological polar surface area (TPSA) is 34.1 Å². The number of aromatic nitrogens is 1. The maximum Gasteiger partial charge on any atom is 0.141 e. The Bertz CT molecular complexity index is 442. The Morgan fingerprint density at radius 2 is 2.11 bits per heavy atom. The first-order valence-electron chi connectivity index (χ1n) is 7.35. The third-order valence-electron chi connectivity index (χ3n) is 4.30. The lowest BCUT2D eigenvalue weighted by Crippen LogP contribution is -2.62. The Balaban J connectivity index is 2.07. The number of hydrogen-bond acceptors (Lipinski definition) is 3. The van der Waals surface area contributed by atoms with Crippen LogP contribution in [0.2, 0.25) is 0 Å². The summed E-state index contributed by atoms with van der Waals surface area (Å²) in [5.74, 6) is 0.959. The Kier molecular flexibility index (Phi) is 4.14. The SMILES string of the molecule is CCNC1CC(Oc2ccc(C)nc2CC)C1(C)C. The van der Waals surface area contributed by atoms with Crippen molar-refractivity contribution in [3.05, 3.63) is 23.5 Å². The normalized spacial score (nSPS) is 24.9. The van der Waals surface area contributed by atoms with Crippen molar-refractivity contribution in [2.45, 2.75) is 59.6 Å². The molecule has 0 spiro atoms. The number of rotatable bonds is 5. The molecule has 0 aliphatic heterocycles. The van der Waals surface area contributed by atoms with E-state index in [9.17, 15) is 0 Å². The number of aryl methyl sites for hydroxylation is 2. The smallest absolute Gasteiger partial charge is 0.141 e. The van der Waals surface area contributed by atoms with Crippen LogP contribution in [-0.4, -0.2) is 23.7 Å². The zero-order valence-corrected chi connectivity index (χ0v) is 12.8. The van der Waals surface area contributed by atoms with Crippen LogP contribution in [-0.2, 0) is 6.42 Å². The fourth-order valence-electron chi connectivity index (χ4n) is 2.79. The van der Waals surface area contributed by atoms with Gasteiger partial charge >= 0.3 is 0 Å². The van der Waals surface area contributed by atoms with Crippen LogP contribution in [0.5, 0.6) is 5.75 Å². The van der Waals surface area contributed by atoms with Gasteiger partial charge < -0.3 is 10.1 Å². The monoisotopic (exact) mass is 262 g/mol. The summed E-state index contributed by atoms with van der Waals surface area (Å²) in [6, 6.07) is 4.66. The summed E-state index contributed by atoms with van der Waals surface area (Å²) in [6.07, 6.45) is 2.28. The van der Waals surface area contributed by atoms with Crippen LogP contribution in [0.4, 0.5) is 0 Å². The first-order valence-corrected chi connectivity index (χ1v) is 7.35. The second kappa shape index (κ2) is 5.49. The van der Waals surface area contributed by atoms with Crippen LogP contribution in [0.3, 0.4) is 0 Å². The van der Waals surface area contributed by atoms with Crippen LogP contribution in [0.1, 0.15) is 45.5 Å². The second-order valence-corrected chi connectivity index (χ2v) is 6.02. The predicted octanol–water partition coefficient (Wildman–Crippen LogP) is 3.11. The minimum atomic E-state index is 0.186. The van der Waals surface area contributed by atoms with Crippen LogP contribution in [0.15, 0.2) is 12.1 Å². The van der Waals surface area contributed by atoms with Crippen LogP contribution >= 0.6 is 0 Å². The molecular formula is C16H26N2O. The van der Waals surface area contributed by atoms with E-state index in [4.69, 9.17) is 4.74 Å². The molecule has 0 saturated heterocycles. The molecule has 0 radical (unpaired) electrons. The Morgan fingerprint density at radius 1 is 1.37 bits per heavy atom. The third-order valence-corrected chi connectivity index (χ3v) is 4.30. The van der Waals surface area contributed by atoms with E-state index in [-0.39, 0.29) is 11.5 Å². The molecule has 2 unspecified atom stereocenters. The average molecular weight is 262 g/mol. The van der Waals surface area contributed by atoms with E-state index in [0.29, 0.717) is 6.04 Å². The highest BCUT2D eigenvalue weighted by molar-refractivity contribution is 5.30. The summed E-state index contributed by atoms with van der Waals surface area (Å²) in [5.41, 5.74) is 2.32. The molecule has 1 aromatic rings. The van der Waals surface area contributed by atoms with E-state index in [1.54, 1.807) is 0 Å². The van der Waals surface area contributed by atoms with E-state index < -0.39 is 0 Å². The summed E-state index contributed by atoms with van der Waals surface area (Å²) in [5, 5.41) is 3.53. The molecule has 2 atom stereocenters. The molecule has 3 heteroatoms. The molecule has 2 rings (SSSR count). The van der Waals surface area contributed by atoms with Crippen molar-refractivity contribution in [2.75, 3.05) is 6.54 Å². The number of pyridine rings is 1. The minimum Gasteiger partial charge on any atom is -0.488 e. The fourth-order valence-corrected chi connectivity index (χ4v) is 2.79. The molecule has 3 nitrogen and oxygen atoms in total. The third kappa shape index (κ3) is 2.76. The van der Waals surface area contributed by atoms with E-state index >= 15 is 0 Å². The van der Waals surface area contributed by atoms with Crippen molar-refractivity contribution >= 4 is 0 Å². The van der Waals surface area contributed by atoms with Crippen molar-refractivity contribution in [1.82, 2.24) is 10.3 Å². The standard InChI is InChI=1S/C16H26N2O/c1-6-12-13(9-8-11(3)18-12)19-15-10-14(17-7-2)16(15,4)5/h8-9,14-15,17H,6-7,10H2,1-5H3. The van der Waals surface area contributed by atoms with Crippen LogP contribution < -0.4 is 10.1 Å². The molecule has 0 bridgehead atoms. The van der Waals surface area contributed by atoms with E-state index in [0.717, 1.165) is 36.5 Å². The summed E-state index contributed by atoms with van der Waals surface area (Å²) in [6.45, 7) is 11.9. The highest BCUT2D eigenvalue weighted by Crippen LogP contribution is 2.43. The van der Waals surface area contributed by atoms with Crippen molar-refractivity contribution in [3.8, 4) is 5.75 Å². The molecule has 1 N–H and O–H groups in total. The van der Waals surface area contributed by atoms with Crippen molar-refractivity contribution < 1.29 is 4.74 Å². The Morgan fingerprint density at radius 3 is 2.68 bits per heavy atom. The van der Waals surface area contributed by atoms with Gasteiger partial charge in [0.2, 0.25) is 0 Å². The molecule has 19 heavy (non-hydrogen) atoms. The van der Waals surface area contributed by atoms with Gasteiger partial charge in [-0.3, -0.25) is 4.98 Å². The van der Waals surface area contributed by atoms with Crippen LogP contribution in [0, 0.1) is 12.3 Å². The molecule has 1 fully saturated rings. The van der Waals surface area contributed by atoms with Gasteiger partial charge in [-0.1, -0.05) is 27.7 Å². The summed E-state index contributed by atoms with van der Waals surface area (Å²) < 4.78 is 6.22. The largest absolute Gasteiger partial charge is 0.488 e. The van der Waals surface area contributed by atoms with Gasteiger partial charge in [0.25, 0.3) is 0 Å². The van der Waals surface area contributed by atoms with E-state index in [2.05, 4.69) is 44.1 Å². The summed E-state index contributed by atoms with van der Waals surface area (Å²) >= 11 is 0. The molecule has 1 aliphatic carbocycles. The maximum absolute atomic E-state index is 6.22. The summed E-state index contributed by atoms with van der Waals surface area (Å²) in [4.78, 5) is 4.57. The lowest BCUT2D eigenvalue weighted by Gasteiger charge is -2.51. The molecule has 1 aliphatic rings. The Labute approximate surface area is 116 Å². The zero-order valence-electron chi connectivity index (χ0n) is 12.8. The molecule has 106 valence electrons. The fraction of sp³-hybridized carbons (Fsp3) is 0.688. The lowest BCUT2D eigenvalue weighted by atomic mass is 9.64. The second-order valence-electron chi connectivity index (χ2n) is 6.02. The van der Waals surface area contributed by atoms with Crippen molar-refractivity contribution in [2.24, 2.45) is 5.41 Å². The number of nitrogens with one attached hydrogen (secondary N) is 1. The van der Waals surface area contributed by atoms with E-state index in [1.807, 2.05) is 13.0 Å². The number of ether oxygens (including phenoxy) is 1. The van der Waals surface area contributed by atoms with Gasteiger partial charge in [-0.05, 0) is 32.0 Å². The molecular weight excluding hydrogens is 236 g/mol. The molecule has 0 amide bonds. The number of nitrogens with zero attached hydrogens (tertiary/aromatic N) is 1. The minimum absolute atomic E-state index is 0.186. The van der Waals surface area contributed by atoms with E-state index in [1.165, 1.54) is 0 Å². The molecule has 1 heterocycles. The molecule has 1 aromatic heterocycles. The first kappa shape index (κ1) is 14.3. The lowest BCUT2D eigenvalue weighted by molar-refractivity contribution is -0.0547. The van der Waals surface area contributed by atoms with Gasteiger partial charge in [0.05, 0.1) is 5.69 Å². The number of hydrogen-bond donors (Lipinski definition) is 1. The van der Waals surface area contributed by atoms with Gasteiger partial charge in [0, 0.05) is 23.6 Å². The predicted molar refractivity (Wildman–Crippen MR) is 78.6 cm³/mol. The highest BCUT2D eigenvalue weighted by Gasteiger charge is 2.49. The van der Waals surface area contributed by atoms with Gasteiger partial charge in [-0.15, -0.1) is 0 Å². The maximum atomic E-state index is 6.22. The van der Waals surface area contributed by atoms with Gasteiger partial charge in [-0.2, -0.15) is 0 Å². The first-order chi connectivity index (χ1) is 8.98. The molecule has 1 saturated carbocycles. The molecule has 0 aromatic carbocycles.